The molecule has 1 aromatic carbocycles. The number of H-pyrrole nitrogens is 1. The molecular formula is C11H11ClN2O2. The Labute approximate surface area is 97.8 Å². The van der Waals surface area contributed by atoms with Crippen LogP contribution in [0.15, 0.2) is 30.5 Å². The lowest BCUT2D eigenvalue weighted by atomic mass is 10.1. The van der Waals surface area contributed by atoms with Gasteiger partial charge >= 0.3 is 0 Å². The lowest BCUT2D eigenvalue weighted by molar-refractivity contribution is 0.215. The number of halogens is 1. The fourth-order valence-electron chi connectivity index (χ4n) is 1.44. The summed E-state index contributed by atoms with van der Waals surface area (Å²) in [7, 11) is 1.57. The molecule has 0 aliphatic rings. The van der Waals surface area contributed by atoms with Crippen LogP contribution < -0.4 is 4.74 Å². The van der Waals surface area contributed by atoms with Gasteiger partial charge in [-0.2, -0.15) is 5.10 Å². The van der Waals surface area contributed by atoms with E-state index in [4.69, 9.17) is 16.3 Å². The number of methoxy groups -OCH3 is 1. The van der Waals surface area contributed by atoms with Gasteiger partial charge in [0.05, 0.1) is 17.8 Å². The Bertz CT molecular complexity index is 471. The number of aromatic nitrogens is 2. The number of benzene rings is 1. The van der Waals surface area contributed by atoms with E-state index in [1.807, 2.05) is 0 Å². The predicted octanol–water partition coefficient (Wildman–Crippen LogP) is 2.15. The van der Waals surface area contributed by atoms with Gasteiger partial charge in [-0.25, -0.2) is 0 Å². The van der Waals surface area contributed by atoms with Crippen molar-refractivity contribution in [2.24, 2.45) is 0 Å². The highest BCUT2D eigenvalue weighted by Crippen LogP contribution is 2.30. The lowest BCUT2D eigenvalue weighted by Crippen LogP contribution is -2.01. The normalized spacial score (nSPS) is 12.4. The third kappa shape index (κ3) is 2.03. The van der Waals surface area contributed by atoms with Crippen molar-refractivity contribution in [3.8, 4) is 5.75 Å². The summed E-state index contributed by atoms with van der Waals surface area (Å²) in [5, 5.41) is 17.0. The molecule has 1 heterocycles. The van der Waals surface area contributed by atoms with Gasteiger partial charge < -0.3 is 9.84 Å². The van der Waals surface area contributed by atoms with E-state index in [0.717, 1.165) is 0 Å². The van der Waals surface area contributed by atoms with Crippen molar-refractivity contribution < 1.29 is 9.84 Å². The number of hydrogen-bond donors (Lipinski definition) is 2. The predicted molar refractivity (Wildman–Crippen MR) is 60.7 cm³/mol. The van der Waals surface area contributed by atoms with Crippen molar-refractivity contribution in [1.29, 1.82) is 0 Å². The molecule has 0 saturated heterocycles. The summed E-state index contributed by atoms with van der Waals surface area (Å²) in [4.78, 5) is 0. The second-order valence-electron chi connectivity index (χ2n) is 3.30. The van der Waals surface area contributed by atoms with Crippen LogP contribution in [0.2, 0.25) is 5.02 Å². The minimum absolute atomic E-state index is 0.460. The maximum absolute atomic E-state index is 10.0. The summed E-state index contributed by atoms with van der Waals surface area (Å²) in [6.07, 6.45) is 0.775. The van der Waals surface area contributed by atoms with Crippen LogP contribution in [0.5, 0.6) is 5.75 Å². The number of ether oxygens (including phenoxy) is 1. The Balaban J connectivity index is 2.34. The zero-order chi connectivity index (χ0) is 11.5. The largest absolute Gasteiger partial charge is 0.497 e. The molecule has 1 atom stereocenters. The molecule has 1 unspecified atom stereocenters. The molecule has 0 amide bonds. The fraction of sp³-hybridized carbons (Fsp3) is 0.182. The minimum Gasteiger partial charge on any atom is -0.497 e. The highest BCUT2D eigenvalue weighted by Gasteiger charge is 2.15. The summed E-state index contributed by atoms with van der Waals surface area (Å²) < 4.78 is 5.03. The molecule has 1 aromatic heterocycles. The molecule has 0 saturated carbocycles. The Morgan fingerprint density at radius 2 is 2.25 bits per heavy atom. The van der Waals surface area contributed by atoms with Crippen LogP contribution in [-0.2, 0) is 0 Å². The molecule has 0 radical (unpaired) electrons. The van der Waals surface area contributed by atoms with Crippen molar-refractivity contribution in [2.45, 2.75) is 6.10 Å². The first-order valence-electron chi connectivity index (χ1n) is 4.73. The van der Waals surface area contributed by atoms with Crippen LogP contribution >= 0.6 is 11.6 Å². The molecular weight excluding hydrogens is 228 g/mol. The van der Waals surface area contributed by atoms with Crippen molar-refractivity contribution in [3.05, 3.63) is 46.7 Å². The average molecular weight is 239 g/mol. The summed E-state index contributed by atoms with van der Waals surface area (Å²) in [5.41, 5.74) is 1.22. The van der Waals surface area contributed by atoms with E-state index in [2.05, 4.69) is 10.2 Å². The first kappa shape index (κ1) is 11.0. The molecule has 16 heavy (non-hydrogen) atoms. The number of nitrogens with zero attached hydrogens (tertiary/aromatic N) is 1. The second-order valence-corrected chi connectivity index (χ2v) is 3.71. The molecule has 5 heteroatoms. The molecule has 0 fully saturated rings. The molecule has 0 aliphatic heterocycles. The second kappa shape index (κ2) is 4.55. The van der Waals surface area contributed by atoms with E-state index in [1.165, 1.54) is 0 Å². The minimum atomic E-state index is -0.805. The zero-order valence-corrected chi connectivity index (χ0v) is 9.40. The fourth-order valence-corrected chi connectivity index (χ4v) is 1.72. The van der Waals surface area contributed by atoms with E-state index in [9.17, 15) is 5.11 Å². The van der Waals surface area contributed by atoms with E-state index < -0.39 is 6.10 Å². The van der Waals surface area contributed by atoms with Crippen molar-refractivity contribution in [1.82, 2.24) is 10.2 Å². The van der Waals surface area contributed by atoms with Gasteiger partial charge in [-0.05, 0) is 18.2 Å². The third-order valence-electron chi connectivity index (χ3n) is 2.32. The van der Waals surface area contributed by atoms with Gasteiger partial charge in [0.1, 0.15) is 11.9 Å². The maximum Gasteiger partial charge on any atom is 0.122 e. The number of aromatic amines is 1. The SMILES string of the molecule is COc1ccc(C(O)c2ccn[nH]2)c(Cl)c1. The Hall–Kier alpha value is -1.52. The van der Waals surface area contributed by atoms with Crippen molar-refractivity contribution >= 4 is 11.6 Å². The number of aliphatic hydroxyl groups excluding tert-OH is 1. The molecule has 0 aliphatic carbocycles. The monoisotopic (exact) mass is 238 g/mol. The van der Waals surface area contributed by atoms with Crippen LogP contribution in [-0.4, -0.2) is 22.4 Å². The molecule has 4 nitrogen and oxygen atoms in total. The third-order valence-corrected chi connectivity index (χ3v) is 2.65. The highest BCUT2D eigenvalue weighted by atomic mass is 35.5. The molecule has 0 bridgehead atoms. The van der Waals surface area contributed by atoms with Crippen LogP contribution in [0.4, 0.5) is 0 Å². The smallest absolute Gasteiger partial charge is 0.122 e. The lowest BCUT2D eigenvalue weighted by Gasteiger charge is -2.11. The van der Waals surface area contributed by atoms with E-state index in [0.29, 0.717) is 22.0 Å². The van der Waals surface area contributed by atoms with Crippen LogP contribution in [0.25, 0.3) is 0 Å². The van der Waals surface area contributed by atoms with Gasteiger partial charge in [-0.3, -0.25) is 5.10 Å². The maximum atomic E-state index is 10.0. The van der Waals surface area contributed by atoms with Crippen molar-refractivity contribution in [2.75, 3.05) is 7.11 Å². The molecule has 84 valence electrons. The Kier molecular flexibility index (Phi) is 3.12. The molecule has 2 aromatic rings. The number of nitrogens with one attached hydrogen (secondary N) is 1. The standard InChI is InChI=1S/C11H11ClN2O2/c1-16-7-2-3-8(9(12)6-7)11(15)10-4-5-13-14-10/h2-6,11,15H,1H3,(H,13,14). The zero-order valence-electron chi connectivity index (χ0n) is 8.64. The van der Waals surface area contributed by atoms with Crippen LogP contribution in [0.1, 0.15) is 17.4 Å². The van der Waals surface area contributed by atoms with Crippen LogP contribution in [0.3, 0.4) is 0 Å². The summed E-state index contributed by atoms with van der Waals surface area (Å²) in [5.74, 6) is 0.658. The Morgan fingerprint density at radius 3 is 2.81 bits per heavy atom. The number of hydrogen-bond acceptors (Lipinski definition) is 3. The van der Waals surface area contributed by atoms with Crippen LogP contribution in [0, 0.1) is 0 Å². The van der Waals surface area contributed by atoms with E-state index in [1.54, 1.807) is 37.6 Å². The van der Waals surface area contributed by atoms with Gasteiger partial charge in [-0.1, -0.05) is 17.7 Å². The van der Waals surface area contributed by atoms with E-state index >= 15 is 0 Å². The van der Waals surface area contributed by atoms with Gasteiger partial charge in [0.2, 0.25) is 0 Å². The summed E-state index contributed by atoms with van der Waals surface area (Å²) in [6.45, 7) is 0. The number of rotatable bonds is 3. The van der Waals surface area contributed by atoms with Crippen molar-refractivity contribution in [3.63, 3.8) is 0 Å². The summed E-state index contributed by atoms with van der Waals surface area (Å²) >= 11 is 6.05. The van der Waals surface area contributed by atoms with E-state index in [-0.39, 0.29) is 0 Å². The van der Waals surface area contributed by atoms with Gasteiger partial charge in [0.25, 0.3) is 0 Å². The van der Waals surface area contributed by atoms with Gasteiger partial charge in [0.15, 0.2) is 0 Å². The van der Waals surface area contributed by atoms with Gasteiger partial charge in [-0.15, -0.1) is 0 Å². The first-order valence-corrected chi connectivity index (χ1v) is 5.11. The molecule has 2 N–H and O–H groups in total. The first-order chi connectivity index (χ1) is 7.72. The van der Waals surface area contributed by atoms with Gasteiger partial charge in [0, 0.05) is 11.8 Å². The number of aliphatic hydroxyl groups is 1. The molecule has 2 rings (SSSR count). The summed E-state index contributed by atoms with van der Waals surface area (Å²) in [6, 6.07) is 6.84. The quantitative estimate of drug-likeness (QED) is 0.862. The Morgan fingerprint density at radius 1 is 1.44 bits per heavy atom. The molecule has 0 spiro atoms. The average Bonchev–Trinajstić information content (AvgIpc) is 2.81. The highest BCUT2D eigenvalue weighted by molar-refractivity contribution is 6.31. The topological polar surface area (TPSA) is 58.1 Å².